The van der Waals surface area contributed by atoms with Crippen molar-refractivity contribution in [3.05, 3.63) is 46.7 Å². The van der Waals surface area contributed by atoms with Crippen molar-refractivity contribution in [1.82, 2.24) is 14.3 Å². The fraction of sp³-hybridized carbons (Fsp3) is 0.467. The van der Waals surface area contributed by atoms with Gasteiger partial charge in [-0.3, -0.25) is 0 Å². The average Bonchev–Trinajstić information content (AvgIpc) is 3.15. The third-order valence-corrected chi connectivity index (χ3v) is 5.22. The van der Waals surface area contributed by atoms with Crippen molar-refractivity contribution < 1.29 is 0 Å². The van der Waals surface area contributed by atoms with E-state index in [1.165, 1.54) is 36.6 Å². The summed E-state index contributed by atoms with van der Waals surface area (Å²) in [5, 5.41) is 1.26. The number of hydrogen-bond acceptors (Lipinski definition) is 4. The Balaban J connectivity index is 1.51. The lowest BCUT2D eigenvalue weighted by molar-refractivity contribution is 0.346. The van der Waals surface area contributed by atoms with Gasteiger partial charge in [0.25, 0.3) is 0 Å². The Morgan fingerprint density at radius 3 is 2.84 bits per heavy atom. The molecule has 3 unspecified atom stereocenters. The molecule has 19 heavy (non-hydrogen) atoms. The molecule has 4 rings (SSSR count). The summed E-state index contributed by atoms with van der Waals surface area (Å²) >= 11 is 1.62. The van der Waals surface area contributed by atoms with Crippen LogP contribution in [0.2, 0.25) is 0 Å². The van der Waals surface area contributed by atoms with Crippen LogP contribution < -0.4 is 0 Å². The van der Waals surface area contributed by atoms with E-state index in [-0.39, 0.29) is 0 Å². The van der Waals surface area contributed by atoms with E-state index in [9.17, 15) is 0 Å². The van der Waals surface area contributed by atoms with Crippen molar-refractivity contribution in [2.45, 2.75) is 18.8 Å². The van der Waals surface area contributed by atoms with Gasteiger partial charge in [0.15, 0.2) is 0 Å². The van der Waals surface area contributed by atoms with Crippen LogP contribution in [0.3, 0.4) is 0 Å². The standard InChI is InChI=1S/C15H17N3S/c1-2-4-11(5-3-1)8-14-16-15(19-17-14)13-10-18-7-6-12(13)9-18/h1-5,12-13H,6-10H2. The zero-order valence-electron chi connectivity index (χ0n) is 10.8. The molecule has 1 aromatic heterocycles. The van der Waals surface area contributed by atoms with Crippen LogP contribution in [0.4, 0.5) is 0 Å². The molecular formula is C15H17N3S. The molecular weight excluding hydrogens is 254 g/mol. The minimum absolute atomic E-state index is 0.649. The number of rotatable bonds is 3. The number of piperidine rings is 1. The maximum atomic E-state index is 4.79. The number of hydrogen-bond donors (Lipinski definition) is 0. The third-order valence-electron chi connectivity index (χ3n) is 4.34. The molecule has 3 heterocycles. The normalized spacial score (nSPS) is 28.9. The van der Waals surface area contributed by atoms with E-state index in [1.807, 2.05) is 6.07 Å². The molecule has 0 aliphatic carbocycles. The summed E-state index contributed by atoms with van der Waals surface area (Å²) in [6, 6.07) is 10.5. The van der Waals surface area contributed by atoms with Gasteiger partial charge in [0.1, 0.15) is 10.8 Å². The summed E-state index contributed by atoms with van der Waals surface area (Å²) in [4.78, 5) is 7.35. The van der Waals surface area contributed by atoms with Gasteiger partial charge in [0, 0.05) is 25.4 Å². The minimum atomic E-state index is 0.649. The molecule has 1 aromatic carbocycles. The Bertz CT molecular complexity index is 566. The Kier molecular flexibility index (Phi) is 2.85. The van der Waals surface area contributed by atoms with Gasteiger partial charge in [-0.15, -0.1) is 0 Å². The molecule has 0 spiro atoms. The second-order valence-corrected chi connectivity index (χ2v) is 6.41. The summed E-state index contributed by atoms with van der Waals surface area (Å²) in [6.45, 7) is 3.76. The van der Waals surface area contributed by atoms with Gasteiger partial charge in [0.2, 0.25) is 0 Å². The number of nitrogens with zero attached hydrogens (tertiary/aromatic N) is 3. The Labute approximate surface area is 117 Å². The number of aromatic nitrogens is 2. The smallest absolute Gasteiger partial charge is 0.146 e. The summed E-state index contributed by atoms with van der Waals surface area (Å²) in [5.41, 5.74) is 1.29. The lowest BCUT2D eigenvalue weighted by atomic mass is 9.93. The molecule has 2 saturated heterocycles. The molecule has 4 heteroatoms. The second-order valence-electron chi connectivity index (χ2n) is 5.63. The van der Waals surface area contributed by atoms with Crippen LogP contribution in [0.15, 0.2) is 30.3 Å². The van der Waals surface area contributed by atoms with E-state index >= 15 is 0 Å². The topological polar surface area (TPSA) is 29.0 Å². The number of fused-ring (bicyclic) bond motifs is 2. The molecule has 2 aliphatic heterocycles. The van der Waals surface area contributed by atoms with E-state index in [4.69, 9.17) is 4.98 Å². The Morgan fingerprint density at radius 1 is 1.21 bits per heavy atom. The van der Waals surface area contributed by atoms with E-state index in [1.54, 1.807) is 11.5 Å². The molecule has 2 bridgehead atoms. The number of benzene rings is 1. The van der Waals surface area contributed by atoms with Crippen LogP contribution in [0.25, 0.3) is 0 Å². The fourth-order valence-electron chi connectivity index (χ4n) is 3.33. The molecule has 3 atom stereocenters. The van der Waals surface area contributed by atoms with Gasteiger partial charge >= 0.3 is 0 Å². The first-order valence-electron chi connectivity index (χ1n) is 6.97. The van der Waals surface area contributed by atoms with Crippen LogP contribution in [0.5, 0.6) is 0 Å². The van der Waals surface area contributed by atoms with Crippen molar-refractivity contribution in [2.75, 3.05) is 19.6 Å². The van der Waals surface area contributed by atoms with Crippen LogP contribution >= 0.6 is 11.5 Å². The Morgan fingerprint density at radius 2 is 2.11 bits per heavy atom. The highest BCUT2D eigenvalue weighted by Gasteiger charge is 2.40. The van der Waals surface area contributed by atoms with Crippen molar-refractivity contribution in [3.8, 4) is 0 Å². The monoisotopic (exact) mass is 271 g/mol. The van der Waals surface area contributed by atoms with Gasteiger partial charge in [-0.1, -0.05) is 30.3 Å². The zero-order valence-corrected chi connectivity index (χ0v) is 11.6. The highest BCUT2D eigenvalue weighted by Crippen LogP contribution is 2.40. The van der Waals surface area contributed by atoms with Crippen molar-refractivity contribution in [1.29, 1.82) is 0 Å². The molecule has 0 N–H and O–H groups in total. The van der Waals surface area contributed by atoms with E-state index in [0.29, 0.717) is 5.92 Å². The van der Waals surface area contributed by atoms with Gasteiger partial charge in [-0.05, 0) is 36.0 Å². The first-order chi connectivity index (χ1) is 9.38. The summed E-state index contributed by atoms with van der Waals surface area (Å²) in [5.74, 6) is 2.47. The molecule has 98 valence electrons. The predicted octanol–water partition coefficient (Wildman–Crippen LogP) is 2.55. The Hall–Kier alpha value is -1.26. The average molecular weight is 271 g/mol. The predicted molar refractivity (Wildman–Crippen MR) is 76.4 cm³/mol. The molecule has 0 radical (unpaired) electrons. The molecule has 0 saturated carbocycles. The van der Waals surface area contributed by atoms with Gasteiger partial charge in [0.05, 0.1) is 0 Å². The minimum Gasteiger partial charge on any atom is -0.302 e. The SMILES string of the molecule is c1ccc(Cc2nsc(C3CN4CCC3C4)n2)cc1. The summed E-state index contributed by atoms with van der Waals surface area (Å²) in [7, 11) is 0. The molecule has 2 aliphatic rings. The van der Waals surface area contributed by atoms with Crippen LogP contribution in [-0.4, -0.2) is 33.9 Å². The lowest BCUT2D eigenvalue weighted by Gasteiger charge is -2.19. The van der Waals surface area contributed by atoms with Gasteiger partial charge in [-0.2, -0.15) is 4.37 Å². The highest BCUT2D eigenvalue weighted by molar-refractivity contribution is 7.05. The molecule has 2 fully saturated rings. The van der Waals surface area contributed by atoms with Crippen molar-refractivity contribution in [3.63, 3.8) is 0 Å². The van der Waals surface area contributed by atoms with Crippen LogP contribution in [0, 0.1) is 5.92 Å². The maximum Gasteiger partial charge on any atom is 0.146 e. The van der Waals surface area contributed by atoms with E-state index < -0.39 is 0 Å². The van der Waals surface area contributed by atoms with Gasteiger partial charge < -0.3 is 4.90 Å². The quantitative estimate of drug-likeness (QED) is 0.859. The largest absolute Gasteiger partial charge is 0.302 e. The maximum absolute atomic E-state index is 4.79. The lowest BCUT2D eigenvalue weighted by Crippen LogP contribution is -2.22. The van der Waals surface area contributed by atoms with Crippen LogP contribution in [0.1, 0.15) is 28.7 Å². The molecule has 3 nitrogen and oxygen atoms in total. The van der Waals surface area contributed by atoms with Crippen LogP contribution in [-0.2, 0) is 6.42 Å². The summed E-state index contributed by atoms with van der Waals surface area (Å²) in [6.07, 6.45) is 2.21. The zero-order chi connectivity index (χ0) is 12.7. The van der Waals surface area contributed by atoms with Gasteiger partial charge in [-0.25, -0.2) is 4.98 Å². The highest BCUT2D eigenvalue weighted by atomic mass is 32.1. The third kappa shape index (κ3) is 2.19. The first kappa shape index (κ1) is 11.6. The second kappa shape index (κ2) is 4.69. The fourth-order valence-corrected chi connectivity index (χ4v) is 4.19. The first-order valence-corrected chi connectivity index (χ1v) is 7.74. The van der Waals surface area contributed by atoms with Crippen molar-refractivity contribution >= 4 is 11.5 Å². The van der Waals surface area contributed by atoms with E-state index in [0.717, 1.165) is 18.2 Å². The summed E-state index contributed by atoms with van der Waals surface area (Å²) < 4.78 is 4.55. The van der Waals surface area contributed by atoms with E-state index in [2.05, 4.69) is 33.5 Å². The molecule has 0 amide bonds. The van der Waals surface area contributed by atoms with Crippen molar-refractivity contribution in [2.24, 2.45) is 5.92 Å². The molecule has 2 aromatic rings.